The fourth-order valence-corrected chi connectivity index (χ4v) is 3.21. The van der Waals surface area contributed by atoms with Crippen molar-refractivity contribution in [2.45, 2.75) is 50.6 Å². The molecule has 0 aromatic heterocycles. The third-order valence-corrected chi connectivity index (χ3v) is 4.66. The first-order valence-corrected chi connectivity index (χ1v) is 9.18. The van der Waals surface area contributed by atoms with Crippen molar-refractivity contribution in [3.8, 4) is 0 Å². The van der Waals surface area contributed by atoms with Gasteiger partial charge in [0.15, 0.2) is 5.78 Å². The van der Waals surface area contributed by atoms with E-state index in [9.17, 15) is 29.1 Å². The van der Waals surface area contributed by atoms with Crippen LogP contribution < -0.4 is 16.8 Å². The number of carboxylic acids is 2. The third kappa shape index (κ3) is 6.89. The summed E-state index contributed by atoms with van der Waals surface area (Å²) in [6, 6.07) is -2.14. The van der Waals surface area contributed by atoms with Crippen molar-refractivity contribution in [3.63, 3.8) is 0 Å². The van der Waals surface area contributed by atoms with Crippen LogP contribution in [0.4, 0.5) is 0 Å². The number of nitrogens with two attached hydrogens (primary N) is 2. The van der Waals surface area contributed by atoms with Gasteiger partial charge in [0.2, 0.25) is 11.8 Å². The lowest BCUT2D eigenvalue weighted by Crippen LogP contribution is -2.47. The Labute approximate surface area is 162 Å². The predicted molar refractivity (Wildman–Crippen MR) is 97.0 cm³/mol. The van der Waals surface area contributed by atoms with Crippen molar-refractivity contribution >= 4 is 29.5 Å². The number of carboxylic acid groups (broad SMARTS) is 2. The first-order chi connectivity index (χ1) is 13.2. The van der Waals surface area contributed by atoms with E-state index in [1.165, 1.54) is 4.90 Å². The van der Waals surface area contributed by atoms with Crippen molar-refractivity contribution in [2.75, 3.05) is 19.6 Å². The highest BCUT2D eigenvalue weighted by Crippen LogP contribution is 2.25. The smallest absolute Gasteiger partial charge is 0.326 e. The molecule has 1 aliphatic rings. The molecular formula is C17H28N4O7. The van der Waals surface area contributed by atoms with Crippen molar-refractivity contribution in [2.24, 2.45) is 17.4 Å². The average molecular weight is 400 g/mol. The summed E-state index contributed by atoms with van der Waals surface area (Å²) in [6.45, 7) is -0.0401. The van der Waals surface area contributed by atoms with E-state index in [1.807, 2.05) is 0 Å². The van der Waals surface area contributed by atoms with Crippen LogP contribution in [0.1, 0.15) is 38.5 Å². The quantitative estimate of drug-likeness (QED) is 0.224. The summed E-state index contributed by atoms with van der Waals surface area (Å²) in [5, 5.41) is 20.7. The Hall–Kier alpha value is -2.53. The molecule has 1 fully saturated rings. The second-order valence-corrected chi connectivity index (χ2v) is 6.74. The number of carbonyl (C=O) groups excluding carboxylic acids is 3. The zero-order valence-corrected chi connectivity index (χ0v) is 15.6. The lowest BCUT2D eigenvalue weighted by atomic mass is 9.94. The van der Waals surface area contributed by atoms with Crippen LogP contribution in [-0.2, 0) is 24.0 Å². The summed E-state index contributed by atoms with van der Waals surface area (Å²) in [7, 11) is 0. The largest absolute Gasteiger partial charge is 0.481 e. The number of likely N-dealkylation sites (tertiary alicyclic amines) is 1. The number of carbonyl (C=O) groups is 5. The first kappa shape index (κ1) is 23.5. The summed E-state index contributed by atoms with van der Waals surface area (Å²) in [5.74, 6) is -4.67. The van der Waals surface area contributed by atoms with Gasteiger partial charge in [0.05, 0.1) is 12.6 Å². The van der Waals surface area contributed by atoms with Gasteiger partial charge in [0, 0.05) is 25.3 Å². The summed E-state index contributed by atoms with van der Waals surface area (Å²) in [6.07, 6.45) is 0.721. The molecule has 28 heavy (non-hydrogen) atoms. The van der Waals surface area contributed by atoms with Gasteiger partial charge in [-0.05, 0) is 32.2 Å². The molecule has 1 aliphatic heterocycles. The van der Waals surface area contributed by atoms with E-state index < -0.39 is 47.5 Å². The van der Waals surface area contributed by atoms with Gasteiger partial charge in [-0.3, -0.25) is 19.2 Å². The van der Waals surface area contributed by atoms with Gasteiger partial charge in [-0.25, -0.2) is 4.79 Å². The standard InChI is InChI=1S/C17H28N4O7/c18-6-2-1-3-12(17(27)28)21-9-10(7-14(21)23)16(26)11(4-5-15(24)25)20-13(22)8-19/h10-12H,1-9,18-19H2,(H,20,22)(H,24,25)(H,27,28)/t10-,11-,12-/m0/s1. The Morgan fingerprint density at radius 1 is 1.14 bits per heavy atom. The Balaban J connectivity index is 2.85. The fourth-order valence-electron chi connectivity index (χ4n) is 3.21. The van der Waals surface area contributed by atoms with E-state index in [-0.39, 0.29) is 38.8 Å². The van der Waals surface area contributed by atoms with Crippen LogP contribution in [-0.4, -0.2) is 76.4 Å². The SMILES string of the molecule is NCCCC[C@@H](C(=O)O)N1C[C@@H](C(=O)[C@H](CCC(=O)O)NC(=O)CN)CC1=O. The minimum absolute atomic E-state index is 0.0840. The number of aliphatic carboxylic acids is 2. The minimum Gasteiger partial charge on any atom is -0.481 e. The number of nitrogens with zero attached hydrogens (tertiary/aromatic N) is 1. The molecule has 0 aromatic carbocycles. The molecule has 0 bridgehead atoms. The molecule has 1 rings (SSSR count). The van der Waals surface area contributed by atoms with E-state index in [1.54, 1.807) is 0 Å². The summed E-state index contributed by atoms with van der Waals surface area (Å²) >= 11 is 0. The first-order valence-electron chi connectivity index (χ1n) is 9.18. The Morgan fingerprint density at radius 3 is 2.36 bits per heavy atom. The molecule has 7 N–H and O–H groups in total. The van der Waals surface area contributed by atoms with E-state index in [0.717, 1.165) is 0 Å². The van der Waals surface area contributed by atoms with Gasteiger partial charge in [0.25, 0.3) is 0 Å². The molecule has 0 unspecified atom stereocenters. The maximum absolute atomic E-state index is 12.8. The number of ketones is 1. The highest BCUT2D eigenvalue weighted by molar-refractivity contribution is 5.96. The Kier molecular flexibility index (Phi) is 9.52. The molecule has 158 valence electrons. The van der Waals surface area contributed by atoms with Crippen molar-refractivity contribution < 1.29 is 34.2 Å². The molecule has 0 aromatic rings. The van der Waals surface area contributed by atoms with Crippen LogP contribution in [0.5, 0.6) is 0 Å². The Bertz CT molecular complexity index is 610. The van der Waals surface area contributed by atoms with Crippen LogP contribution in [0.3, 0.4) is 0 Å². The van der Waals surface area contributed by atoms with E-state index in [2.05, 4.69) is 5.32 Å². The zero-order chi connectivity index (χ0) is 21.3. The molecule has 11 heteroatoms. The van der Waals surface area contributed by atoms with Crippen molar-refractivity contribution in [3.05, 3.63) is 0 Å². The highest BCUT2D eigenvalue weighted by atomic mass is 16.4. The second kappa shape index (κ2) is 11.3. The number of hydrogen-bond donors (Lipinski definition) is 5. The molecule has 0 spiro atoms. The number of hydrogen-bond acceptors (Lipinski definition) is 7. The molecule has 3 atom stereocenters. The molecule has 0 saturated carbocycles. The van der Waals surface area contributed by atoms with Gasteiger partial charge in [-0.2, -0.15) is 0 Å². The van der Waals surface area contributed by atoms with E-state index in [0.29, 0.717) is 19.4 Å². The zero-order valence-electron chi connectivity index (χ0n) is 15.6. The van der Waals surface area contributed by atoms with Crippen LogP contribution in [0.15, 0.2) is 0 Å². The van der Waals surface area contributed by atoms with Gasteiger partial charge < -0.3 is 31.9 Å². The Morgan fingerprint density at radius 2 is 1.82 bits per heavy atom. The molecular weight excluding hydrogens is 372 g/mol. The van der Waals surface area contributed by atoms with Crippen LogP contribution in [0, 0.1) is 5.92 Å². The number of unbranched alkanes of at least 4 members (excludes halogenated alkanes) is 1. The molecule has 2 amide bonds. The lowest BCUT2D eigenvalue weighted by molar-refractivity contribution is -0.148. The topological polar surface area (TPSA) is 193 Å². The van der Waals surface area contributed by atoms with E-state index in [4.69, 9.17) is 16.6 Å². The highest BCUT2D eigenvalue weighted by Gasteiger charge is 2.42. The van der Waals surface area contributed by atoms with Crippen LogP contribution >= 0.6 is 0 Å². The number of Topliss-reactive ketones (excluding diaryl/α,β-unsaturated/α-hetero) is 1. The van der Waals surface area contributed by atoms with Crippen molar-refractivity contribution in [1.82, 2.24) is 10.2 Å². The molecule has 11 nitrogen and oxygen atoms in total. The van der Waals surface area contributed by atoms with Gasteiger partial charge >= 0.3 is 11.9 Å². The monoisotopic (exact) mass is 400 g/mol. The summed E-state index contributed by atoms with van der Waals surface area (Å²) in [4.78, 5) is 60.2. The second-order valence-electron chi connectivity index (χ2n) is 6.74. The van der Waals surface area contributed by atoms with Gasteiger partial charge in [0.1, 0.15) is 6.04 Å². The van der Waals surface area contributed by atoms with Crippen LogP contribution in [0.25, 0.3) is 0 Å². The number of amides is 2. The fraction of sp³-hybridized carbons (Fsp3) is 0.706. The summed E-state index contributed by atoms with van der Waals surface area (Å²) < 4.78 is 0. The average Bonchev–Trinajstić information content (AvgIpc) is 3.02. The lowest BCUT2D eigenvalue weighted by Gasteiger charge is -2.25. The number of rotatable bonds is 13. The minimum atomic E-state index is -1.16. The molecule has 1 saturated heterocycles. The molecule has 0 radical (unpaired) electrons. The maximum atomic E-state index is 12.8. The maximum Gasteiger partial charge on any atom is 0.326 e. The van der Waals surface area contributed by atoms with Gasteiger partial charge in [-0.1, -0.05) is 0 Å². The molecule has 0 aliphatic carbocycles. The van der Waals surface area contributed by atoms with Crippen molar-refractivity contribution in [1.29, 1.82) is 0 Å². The summed E-state index contributed by atoms with van der Waals surface area (Å²) in [5.41, 5.74) is 10.6. The normalized spacial score (nSPS) is 18.6. The van der Waals surface area contributed by atoms with Gasteiger partial charge in [-0.15, -0.1) is 0 Å². The number of nitrogens with one attached hydrogen (secondary N) is 1. The van der Waals surface area contributed by atoms with Crippen LogP contribution in [0.2, 0.25) is 0 Å². The third-order valence-electron chi connectivity index (χ3n) is 4.66. The molecule has 1 heterocycles. The van der Waals surface area contributed by atoms with E-state index >= 15 is 0 Å². The predicted octanol–water partition coefficient (Wildman–Crippen LogP) is -1.71.